The van der Waals surface area contributed by atoms with Gasteiger partial charge in [0.05, 0.1) is 5.92 Å². The maximum absolute atomic E-state index is 11.1. The molecule has 0 fully saturated rings. The number of nitrogen functional groups attached to an aromatic ring is 1. The van der Waals surface area contributed by atoms with Crippen molar-refractivity contribution < 1.29 is 19.5 Å². The lowest BCUT2D eigenvalue weighted by molar-refractivity contribution is -0.143. The Balaban J connectivity index is 2.74. The molecule has 0 bridgehead atoms. The van der Waals surface area contributed by atoms with Gasteiger partial charge in [-0.1, -0.05) is 5.16 Å². The van der Waals surface area contributed by atoms with Crippen LogP contribution in [0.4, 0.5) is 5.13 Å². The molecule has 0 radical (unpaired) electrons. The molecule has 0 saturated carbocycles. The quantitative estimate of drug-likeness (QED) is 0.445. The van der Waals surface area contributed by atoms with Crippen molar-refractivity contribution in [2.75, 3.05) is 12.3 Å². The molecule has 18 heavy (non-hydrogen) atoms. The van der Waals surface area contributed by atoms with Crippen LogP contribution in [0.1, 0.15) is 12.7 Å². The Bertz CT molecular complexity index is 486. The first-order chi connectivity index (χ1) is 8.41. The number of aliphatic carboxylic acids is 1. The molecular weight excluding hydrogens is 262 g/mol. The summed E-state index contributed by atoms with van der Waals surface area (Å²) >= 11 is 0.873. The van der Waals surface area contributed by atoms with Crippen molar-refractivity contribution in [3.63, 3.8) is 0 Å². The summed E-state index contributed by atoms with van der Waals surface area (Å²) in [6.45, 7) is 1.23. The Morgan fingerprint density at radius 1 is 1.61 bits per heavy atom. The largest absolute Gasteiger partial charge is 0.481 e. The van der Waals surface area contributed by atoms with Gasteiger partial charge in [0.1, 0.15) is 6.61 Å². The zero-order chi connectivity index (χ0) is 13.7. The molecule has 1 unspecified atom stereocenters. The molecule has 10 heteroatoms. The van der Waals surface area contributed by atoms with Crippen molar-refractivity contribution >= 4 is 34.3 Å². The Kier molecular flexibility index (Phi) is 4.54. The lowest BCUT2D eigenvalue weighted by Gasteiger charge is -2.04. The van der Waals surface area contributed by atoms with E-state index >= 15 is 0 Å². The van der Waals surface area contributed by atoms with Gasteiger partial charge in [0.2, 0.25) is 11.5 Å². The summed E-state index contributed by atoms with van der Waals surface area (Å²) in [5.41, 5.74) is 10.1. The third-order valence-corrected chi connectivity index (χ3v) is 2.33. The minimum absolute atomic E-state index is 0.0482. The molecule has 0 aromatic carbocycles. The van der Waals surface area contributed by atoms with Gasteiger partial charge in [-0.05, 0) is 6.92 Å². The normalized spacial score (nSPS) is 13.1. The van der Waals surface area contributed by atoms with Gasteiger partial charge in [0.25, 0.3) is 5.91 Å². The van der Waals surface area contributed by atoms with E-state index in [1.165, 1.54) is 6.92 Å². The van der Waals surface area contributed by atoms with Crippen LogP contribution in [-0.2, 0) is 14.4 Å². The lowest BCUT2D eigenvalue weighted by atomic mass is 10.2. The van der Waals surface area contributed by atoms with Gasteiger partial charge in [-0.25, -0.2) is 0 Å². The second-order valence-electron chi connectivity index (χ2n) is 3.30. The van der Waals surface area contributed by atoms with Crippen LogP contribution in [0.5, 0.6) is 0 Å². The molecule has 1 atom stereocenters. The number of oxime groups is 1. The fourth-order valence-corrected chi connectivity index (χ4v) is 1.25. The van der Waals surface area contributed by atoms with E-state index in [2.05, 4.69) is 14.5 Å². The Morgan fingerprint density at radius 3 is 2.72 bits per heavy atom. The molecule has 1 amide bonds. The number of carbonyl (C=O) groups excluding carboxylic acids is 1. The molecule has 1 heterocycles. The second-order valence-corrected chi connectivity index (χ2v) is 4.08. The van der Waals surface area contributed by atoms with Crippen molar-refractivity contribution in [2.45, 2.75) is 6.92 Å². The first kappa shape index (κ1) is 13.8. The number of primary amides is 1. The van der Waals surface area contributed by atoms with E-state index in [0.717, 1.165) is 11.5 Å². The van der Waals surface area contributed by atoms with E-state index < -0.39 is 17.8 Å². The highest BCUT2D eigenvalue weighted by Crippen LogP contribution is 2.07. The van der Waals surface area contributed by atoms with E-state index in [0.29, 0.717) is 0 Å². The van der Waals surface area contributed by atoms with Crippen molar-refractivity contribution in [2.24, 2.45) is 16.8 Å². The van der Waals surface area contributed by atoms with Crippen LogP contribution in [0.2, 0.25) is 0 Å². The fourth-order valence-electron chi connectivity index (χ4n) is 0.812. The molecule has 1 aromatic heterocycles. The monoisotopic (exact) mass is 273 g/mol. The minimum atomic E-state index is -1.04. The number of nitrogens with two attached hydrogens (primary N) is 2. The first-order valence-corrected chi connectivity index (χ1v) is 5.51. The summed E-state index contributed by atoms with van der Waals surface area (Å²) < 4.78 is 3.75. The lowest BCUT2D eigenvalue weighted by Crippen LogP contribution is -2.26. The third-order valence-electron chi connectivity index (χ3n) is 1.79. The van der Waals surface area contributed by atoms with Gasteiger partial charge in [-0.2, -0.15) is 9.36 Å². The van der Waals surface area contributed by atoms with E-state index in [-0.39, 0.29) is 23.3 Å². The number of hydrogen-bond acceptors (Lipinski definition) is 8. The SMILES string of the molecule is CC(CON=C(C(N)=O)c1nsc(N)n1)C(=O)O. The van der Waals surface area contributed by atoms with Crippen molar-refractivity contribution in [1.29, 1.82) is 0 Å². The number of rotatable bonds is 6. The summed E-state index contributed by atoms with van der Waals surface area (Å²) in [6.07, 6.45) is 0. The number of carbonyl (C=O) groups is 2. The van der Waals surface area contributed by atoms with Gasteiger partial charge in [0.15, 0.2) is 5.13 Å². The minimum Gasteiger partial charge on any atom is -0.481 e. The number of anilines is 1. The standard InChI is InChI=1S/C8H11N5O4S/c1-3(7(15)16)2-17-12-4(5(9)14)6-11-8(10)18-13-6/h3H,2H2,1H3,(H2,9,14)(H,15,16)(H2,10,11,13). The molecule has 1 rings (SSSR count). The molecule has 0 aliphatic carbocycles. The zero-order valence-electron chi connectivity index (χ0n) is 9.36. The van der Waals surface area contributed by atoms with Gasteiger partial charge in [-0.15, -0.1) is 0 Å². The summed E-state index contributed by atoms with van der Waals surface area (Å²) in [7, 11) is 0. The summed E-state index contributed by atoms with van der Waals surface area (Å²) in [5, 5.41) is 12.2. The smallest absolute Gasteiger partial charge is 0.309 e. The first-order valence-electron chi connectivity index (χ1n) is 4.74. The van der Waals surface area contributed by atoms with Crippen LogP contribution in [0, 0.1) is 5.92 Å². The number of amides is 1. The predicted octanol–water partition coefficient (Wildman–Crippen LogP) is -0.953. The predicted molar refractivity (Wildman–Crippen MR) is 62.8 cm³/mol. The molecule has 0 spiro atoms. The highest BCUT2D eigenvalue weighted by Gasteiger charge is 2.18. The molecule has 0 aliphatic rings. The van der Waals surface area contributed by atoms with Crippen molar-refractivity contribution in [3.8, 4) is 0 Å². The average molecular weight is 273 g/mol. The highest BCUT2D eigenvalue weighted by molar-refractivity contribution is 7.09. The zero-order valence-corrected chi connectivity index (χ0v) is 10.2. The van der Waals surface area contributed by atoms with Crippen LogP contribution in [0.3, 0.4) is 0 Å². The number of hydrogen-bond donors (Lipinski definition) is 3. The molecule has 98 valence electrons. The number of aromatic nitrogens is 2. The Morgan fingerprint density at radius 2 is 2.28 bits per heavy atom. The fraction of sp³-hybridized carbons (Fsp3) is 0.375. The summed E-state index contributed by atoms with van der Waals surface area (Å²) in [5.74, 6) is -2.75. The van der Waals surface area contributed by atoms with Crippen molar-refractivity contribution in [3.05, 3.63) is 5.82 Å². The molecule has 9 nitrogen and oxygen atoms in total. The molecule has 1 aromatic rings. The highest BCUT2D eigenvalue weighted by atomic mass is 32.1. The van der Waals surface area contributed by atoms with Gasteiger partial charge in [-0.3, -0.25) is 9.59 Å². The van der Waals surface area contributed by atoms with Gasteiger partial charge < -0.3 is 21.4 Å². The van der Waals surface area contributed by atoms with Crippen LogP contribution in [0.25, 0.3) is 0 Å². The van der Waals surface area contributed by atoms with Crippen molar-refractivity contribution in [1.82, 2.24) is 9.36 Å². The molecule has 5 N–H and O–H groups in total. The number of carboxylic acid groups (broad SMARTS) is 1. The van der Waals surface area contributed by atoms with E-state index in [1.54, 1.807) is 0 Å². The molecule has 0 saturated heterocycles. The maximum Gasteiger partial charge on any atom is 0.309 e. The van der Waals surface area contributed by atoms with Crippen LogP contribution in [-0.4, -0.2) is 38.7 Å². The Hall–Kier alpha value is -2.23. The number of nitrogens with zero attached hydrogens (tertiary/aromatic N) is 3. The molecule has 0 aliphatic heterocycles. The van der Waals surface area contributed by atoms with E-state index in [1.807, 2.05) is 0 Å². The maximum atomic E-state index is 11.1. The molecular formula is C8H11N5O4S. The van der Waals surface area contributed by atoms with Gasteiger partial charge in [0, 0.05) is 11.5 Å². The topological polar surface area (TPSA) is 154 Å². The number of carboxylic acids is 1. The van der Waals surface area contributed by atoms with Crippen LogP contribution in [0.15, 0.2) is 5.16 Å². The summed E-state index contributed by atoms with van der Waals surface area (Å²) in [4.78, 5) is 30.1. The third kappa shape index (κ3) is 3.66. The summed E-state index contributed by atoms with van der Waals surface area (Å²) in [6, 6.07) is 0. The van der Waals surface area contributed by atoms with Crippen LogP contribution < -0.4 is 11.5 Å². The van der Waals surface area contributed by atoms with E-state index in [4.69, 9.17) is 21.4 Å². The van der Waals surface area contributed by atoms with Gasteiger partial charge >= 0.3 is 5.97 Å². The van der Waals surface area contributed by atoms with Crippen LogP contribution >= 0.6 is 11.5 Å². The average Bonchev–Trinajstić information content (AvgIpc) is 2.69. The second kappa shape index (κ2) is 5.91. The Labute approximate surface area is 106 Å². The van der Waals surface area contributed by atoms with E-state index in [9.17, 15) is 9.59 Å².